The second kappa shape index (κ2) is 9.36. The summed E-state index contributed by atoms with van der Waals surface area (Å²) < 4.78 is 5.89. The molecule has 0 aromatic rings. The van der Waals surface area contributed by atoms with E-state index in [9.17, 15) is 0 Å². The van der Waals surface area contributed by atoms with Gasteiger partial charge in [-0.15, -0.1) is 0 Å². The molecule has 0 amide bonds. The molecule has 0 aliphatic carbocycles. The molecule has 0 bridgehead atoms. The van der Waals surface area contributed by atoms with Gasteiger partial charge in [-0.25, -0.2) is 0 Å². The van der Waals surface area contributed by atoms with Gasteiger partial charge in [0.05, 0.1) is 6.10 Å². The van der Waals surface area contributed by atoms with Crippen molar-refractivity contribution >= 4 is 0 Å². The van der Waals surface area contributed by atoms with E-state index >= 15 is 0 Å². The first-order chi connectivity index (χ1) is 9.54. The third-order valence-electron chi connectivity index (χ3n) is 3.71. The van der Waals surface area contributed by atoms with E-state index in [0.717, 1.165) is 19.5 Å². The lowest BCUT2D eigenvalue weighted by Crippen LogP contribution is -2.29. The van der Waals surface area contributed by atoms with E-state index in [2.05, 4.69) is 51.7 Å². The maximum atomic E-state index is 5.89. The smallest absolute Gasteiger partial charge is 0.138 e. The van der Waals surface area contributed by atoms with Crippen molar-refractivity contribution in [3.05, 3.63) is 23.3 Å². The molecule has 0 aromatic carbocycles. The molecular weight excluding hydrogens is 246 g/mol. The van der Waals surface area contributed by atoms with Crippen LogP contribution in [0.3, 0.4) is 0 Å². The molecule has 20 heavy (non-hydrogen) atoms. The first-order valence-electron chi connectivity index (χ1n) is 8.20. The van der Waals surface area contributed by atoms with Gasteiger partial charge in [-0.3, -0.25) is 4.90 Å². The van der Waals surface area contributed by atoms with Crippen LogP contribution in [0.1, 0.15) is 66.7 Å². The minimum Gasteiger partial charge on any atom is -0.353 e. The molecule has 1 aliphatic rings. The topological polar surface area (TPSA) is 15.8 Å². The third-order valence-corrected chi connectivity index (χ3v) is 3.71. The highest BCUT2D eigenvalue weighted by Gasteiger charge is 2.41. The SMILES string of the molecule is CCCCCC1OC1N(CC=C(C)C)CCC=C(C)C. The number of rotatable bonds is 10. The summed E-state index contributed by atoms with van der Waals surface area (Å²) in [7, 11) is 0. The molecular formula is C18H33NO. The van der Waals surface area contributed by atoms with Crippen LogP contribution >= 0.6 is 0 Å². The van der Waals surface area contributed by atoms with Crippen LogP contribution in [0.2, 0.25) is 0 Å². The van der Waals surface area contributed by atoms with Gasteiger partial charge in [-0.1, -0.05) is 49.5 Å². The quantitative estimate of drug-likeness (QED) is 0.320. The van der Waals surface area contributed by atoms with Crippen LogP contribution in [0.5, 0.6) is 0 Å². The summed E-state index contributed by atoms with van der Waals surface area (Å²) >= 11 is 0. The summed E-state index contributed by atoms with van der Waals surface area (Å²) in [6, 6.07) is 0. The second-order valence-electron chi connectivity index (χ2n) is 6.41. The van der Waals surface area contributed by atoms with E-state index in [-0.39, 0.29) is 0 Å². The first-order valence-corrected chi connectivity index (χ1v) is 8.20. The van der Waals surface area contributed by atoms with Crippen LogP contribution < -0.4 is 0 Å². The fourth-order valence-corrected chi connectivity index (χ4v) is 2.40. The predicted octanol–water partition coefficient (Wildman–Crippen LogP) is 4.92. The zero-order chi connectivity index (χ0) is 15.0. The summed E-state index contributed by atoms with van der Waals surface area (Å²) in [4.78, 5) is 2.49. The molecule has 0 spiro atoms. The number of hydrogen-bond acceptors (Lipinski definition) is 2. The van der Waals surface area contributed by atoms with Gasteiger partial charge in [-0.05, 0) is 40.5 Å². The molecule has 2 unspecified atom stereocenters. The van der Waals surface area contributed by atoms with E-state index < -0.39 is 0 Å². The van der Waals surface area contributed by atoms with E-state index in [1.165, 1.54) is 36.8 Å². The summed E-state index contributed by atoms with van der Waals surface area (Å²) in [5.74, 6) is 0. The van der Waals surface area contributed by atoms with Crippen LogP contribution in [0.25, 0.3) is 0 Å². The van der Waals surface area contributed by atoms with Crippen molar-refractivity contribution in [1.29, 1.82) is 0 Å². The maximum Gasteiger partial charge on any atom is 0.138 e. The molecule has 1 rings (SSSR count). The average molecular weight is 279 g/mol. The van der Waals surface area contributed by atoms with Crippen LogP contribution in [-0.4, -0.2) is 30.3 Å². The molecule has 0 saturated carbocycles. The van der Waals surface area contributed by atoms with Gasteiger partial charge in [0.1, 0.15) is 6.23 Å². The number of allylic oxidation sites excluding steroid dienone is 2. The molecule has 1 aliphatic heterocycles. The summed E-state index contributed by atoms with van der Waals surface area (Å²) in [5.41, 5.74) is 2.80. The number of epoxide rings is 1. The first kappa shape index (κ1) is 17.5. The van der Waals surface area contributed by atoms with Gasteiger partial charge in [0, 0.05) is 13.1 Å². The largest absolute Gasteiger partial charge is 0.353 e. The number of unbranched alkanes of at least 4 members (excludes halogenated alkanes) is 2. The highest BCUT2D eigenvalue weighted by molar-refractivity contribution is 4.99. The van der Waals surface area contributed by atoms with Crippen molar-refractivity contribution in [3.8, 4) is 0 Å². The summed E-state index contributed by atoms with van der Waals surface area (Å²) in [6.07, 6.45) is 11.8. The zero-order valence-electron chi connectivity index (χ0n) is 14.1. The minimum absolute atomic E-state index is 0.369. The van der Waals surface area contributed by atoms with Crippen molar-refractivity contribution in [2.24, 2.45) is 0 Å². The Hall–Kier alpha value is -0.600. The monoisotopic (exact) mass is 279 g/mol. The Morgan fingerprint density at radius 2 is 1.75 bits per heavy atom. The van der Waals surface area contributed by atoms with Crippen LogP contribution in [0.15, 0.2) is 23.3 Å². The number of ether oxygens (including phenoxy) is 1. The van der Waals surface area contributed by atoms with E-state index in [4.69, 9.17) is 4.74 Å². The van der Waals surface area contributed by atoms with Crippen molar-refractivity contribution in [2.75, 3.05) is 13.1 Å². The molecule has 1 fully saturated rings. The number of nitrogens with zero attached hydrogens (tertiary/aromatic N) is 1. The summed E-state index contributed by atoms with van der Waals surface area (Å²) in [6.45, 7) is 13.0. The van der Waals surface area contributed by atoms with E-state index in [1.807, 2.05) is 0 Å². The van der Waals surface area contributed by atoms with E-state index in [0.29, 0.717) is 12.3 Å². The average Bonchev–Trinajstić information content (AvgIpc) is 3.12. The zero-order valence-corrected chi connectivity index (χ0v) is 14.1. The standard InChI is InChI=1S/C18H33NO/c1-6-7-8-11-17-18(20-17)19(14-12-16(4)5)13-9-10-15(2)3/h10,12,17-18H,6-9,11,13-14H2,1-5H3. The minimum atomic E-state index is 0.369. The van der Waals surface area contributed by atoms with Gasteiger partial charge in [0.25, 0.3) is 0 Å². The lowest BCUT2D eigenvalue weighted by atomic mass is 10.1. The number of hydrogen-bond donors (Lipinski definition) is 0. The van der Waals surface area contributed by atoms with Crippen molar-refractivity contribution in [1.82, 2.24) is 4.90 Å². The Morgan fingerprint density at radius 3 is 2.35 bits per heavy atom. The second-order valence-corrected chi connectivity index (χ2v) is 6.41. The molecule has 1 saturated heterocycles. The molecule has 0 aromatic heterocycles. The molecule has 1 heterocycles. The Kier molecular flexibility index (Phi) is 8.16. The molecule has 2 heteroatoms. The molecule has 2 atom stereocenters. The Bertz CT molecular complexity index is 324. The highest BCUT2D eigenvalue weighted by Crippen LogP contribution is 2.30. The van der Waals surface area contributed by atoms with Crippen LogP contribution in [0, 0.1) is 0 Å². The van der Waals surface area contributed by atoms with Crippen LogP contribution in [-0.2, 0) is 4.74 Å². The van der Waals surface area contributed by atoms with E-state index in [1.54, 1.807) is 0 Å². The predicted molar refractivity (Wildman–Crippen MR) is 87.9 cm³/mol. The Morgan fingerprint density at radius 1 is 1.05 bits per heavy atom. The van der Waals surface area contributed by atoms with Gasteiger partial charge in [0.2, 0.25) is 0 Å². The fraction of sp³-hybridized carbons (Fsp3) is 0.778. The van der Waals surface area contributed by atoms with Gasteiger partial charge in [0.15, 0.2) is 0 Å². The summed E-state index contributed by atoms with van der Waals surface area (Å²) in [5, 5.41) is 0. The van der Waals surface area contributed by atoms with Crippen molar-refractivity contribution < 1.29 is 4.74 Å². The molecule has 0 radical (unpaired) electrons. The fourth-order valence-electron chi connectivity index (χ4n) is 2.40. The lowest BCUT2D eigenvalue weighted by molar-refractivity contribution is 0.193. The third kappa shape index (κ3) is 7.25. The Balaban J connectivity index is 2.39. The maximum absolute atomic E-state index is 5.89. The van der Waals surface area contributed by atoms with Crippen molar-refractivity contribution in [3.63, 3.8) is 0 Å². The highest BCUT2D eigenvalue weighted by atomic mass is 16.6. The molecule has 0 N–H and O–H groups in total. The van der Waals surface area contributed by atoms with Gasteiger partial charge in [-0.2, -0.15) is 0 Å². The molecule has 116 valence electrons. The lowest BCUT2D eigenvalue weighted by Gasteiger charge is -2.18. The van der Waals surface area contributed by atoms with Crippen molar-refractivity contribution in [2.45, 2.75) is 79.1 Å². The Labute approximate surface area is 125 Å². The molecule has 2 nitrogen and oxygen atoms in total. The van der Waals surface area contributed by atoms with Gasteiger partial charge < -0.3 is 4.74 Å². The van der Waals surface area contributed by atoms with Crippen LogP contribution in [0.4, 0.5) is 0 Å². The van der Waals surface area contributed by atoms with Gasteiger partial charge >= 0.3 is 0 Å². The normalized spacial score (nSPS) is 20.9.